The number of carbonyl (C=O) groups is 3. The molecule has 3 amide bonds. The van der Waals surface area contributed by atoms with Crippen LogP contribution in [0.25, 0.3) is 0 Å². The van der Waals surface area contributed by atoms with Crippen LogP contribution in [-0.2, 0) is 20.9 Å². The minimum atomic E-state index is -0.821. The predicted octanol–water partition coefficient (Wildman–Crippen LogP) is 0.799. The lowest BCUT2D eigenvalue weighted by Gasteiger charge is -2.31. The number of aryl methyl sites for hydroxylation is 1. The fraction of sp³-hybridized carbons (Fsp3) is 0.400. The summed E-state index contributed by atoms with van der Waals surface area (Å²) in [5.41, 5.74) is 1.47. The van der Waals surface area contributed by atoms with Crippen LogP contribution in [0.1, 0.15) is 37.3 Å². The number of rotatable bonds is 6. The van der Waals surface area contributed by atoms with E-state index in [1.54, 1.807) is 44.4 Å². The number of hydrogen-bond acceptors (Lipinski definition) is 6. The first-order valence-corrected chi connectivity index (χ1v) is 9.73. The van der Waals surface area contributed by atoms with Crippen LogP contribution >= 0.6 is 0 Å². The summed E-state index contributed by atoms with van der Waals surface area (Å²) >= 11 is 0. The molecular weight excluding hydrogens is 388 g/mol. The molecule has 0 spiro atoms. The van der Waals surface area contributed by atoms with Crippen LogP contribution in [0, 0.1) is 6.92 Å². The zero-order chi connectivity index (χ0) is 21.7. The van der Waals surface area contributed by atoms with Gasteiger partial charge in [-0.15, -0.1) is 0 Å². The zero-order valence-corrected chi connectivity index (χ0v) is 17.2. The number of aromatic nitrogens is 2. The summed E-state index contributed by atoms with van der Waals surface area (Å²) in [4.78, 5) is 36.6. The first kappa shape index (κ1) is 21.3. The normalized spacial score (nSPS) is 18.4. The van der Waals surface area contributed by atoms with Gasteiger partial charge in [-0.3, -0.25) is 19.7 Å². The number of ether oxygens (including phenoxy) is 1. The van der Waals surface area contributed by atoms with Crippen molar-refractivity contribution in [2.24, 2.45) is 0 Å². The molecule has 4 N–H and O–H groups in total. The maximum absolute atomic E-state index is 12.4. The third-order valence-corrected chi connectivity index (χ3v) is 4.78. The number of amides is 3. The van der Waals surface area contributed by atoms with Crippen molar-refractivity contribution in [3.8, 4) is 5.75 Å². The third-order valence-electron chi connectivity index (χ3n) is 4.78. The Labute approximate surface area is 174 Å². The molecule has 10 heteroatoms. The summed E-state index contributed by atoms with van der Waals surface area (Å²) < 4.78 is 6.55. The molecule has 160 valence electrons. The molecule has 0 bridgehead atoms. The van der Waals surface area contributed by atoms with E-state index in [4.69, 9.17) is 4.74 Å². The second-order valence-corrected chi connectivity index (χ2v) is 7.05. The van der Waals surface area contributed by atoms with Crippen molar-refractivity contribution in [1.82, 2.24) is 25.7 Å². The number of carbonyl (C=O) groups excluding carboxylic acids is 3. The Bertz CT molecular complexity index is 924. The predicted molar refractivity (Wildman–Crippen MR) is 109 cm³/mol. The number of anilines is 1. The highest BCUT2D eigenvalue weighted by Gasteiger charge is 2.28. The molecule has 1 aromatic carbocycles. The molecule has 0 saturated carbocycles. The summed E-state index contributed by atoms with van der Waals surface area (Å²) in [6, 6.07) is 8.80. The second-order valence-electron chi connectivity index (χ2n) is 7.05. The average Bonchev–Trinajstić information content (AvgIpc) is 3.11. The van der Waals surface area contributed by atoms with E-state index in [1.807, 2.05) is 6.92 Å². The second kappa shape index (κ2) is 9.40. The van der Waals surface area contributed by atoms with Crippen LogP contribution in [0.5, 0.6) is 5.75 Å². The van der Waals surface area contributed by atoms with Crippen molar-refractivity contribution in [3.63, 3.8) is 0 Å². The average molecular weight is 414 g/mol. The molecule has 1 saturated heterocycles. The van der Waals surface area contributed by atoms with Gasteiger partial charge in [0, 0.05) is 25.1 Å². The van der Waals surface area contributed by atoms with Crippen LogP contribution < -0.4 is 26.0 Å². The van der Waals surface area contributed by atoms with Gasteiger partial charge in [-0.1, -0.05) is 19.1 Å². The van der Waals surface area contributed by atoms with E-state index in [0.29, 0.717) is 23.7 Å². The quantitative estimate of drug-likeness (QED) is 0.518. The summed E-state index contributed by atoms with van der Waals surface area (Å²) in [5, 5.41) is 15.6. The number of benzene rings is 1. The van der Waals surface area contributed by atoms with Crippen molar-refractivity contribution in [1.29, 1.82) is 0 Å². The third kappa shape index (κ3) is 5.15. The fourth-order valence-electron chi connectivity index (χ4n) is 3.14. The molecule has 2 heterocycles. The summed E-state index contributed by atoms with van der Waals surface area (Å²) in [6.07, 6.45) is 0.546. The Morgan fingerprint density at radius 1 is 1.27 bits per heavy atom. The molecule has 10 nitrogen and oxygen atoms in total. The SMILES string of the molecule is CCC1CC(=O)NC(n2nc(C)cc2NC(=O)C(=O)NCc2ccc(OC)cc2)N1. The smallest absolute Gasteiger partial charge is 0.314 e. The molecule has 1 aliphatic heterocycles. The van der Waals surface area contributed by atoms with Gasteiger partial charge >= 0.3 is 11.8 Å². The van der Waals surface area contributed by atoms with Crippen molar-refractivity contribution in [2.45, 2.75) is 45.6 Å². The number of nitrogens with one attached hydrogen (secondary N) is 4. The Kier molecular flexibility index (Phi) is 6.68. The molecule has 30 heavy (non-hydrogen) atoms. The Morgan fingerprint density at radius 2 is 2.00 bits per heavy atom. The monoisotopic (exact) mass is 414 g/mol. The lowest BCUT2D eigenvalue weighted by molar-refractivity contribution is -0.136. The molecule has 0 radical (unpaired) electrons. The van der Waals surface area contributed by atoms with E-state index in [-0.39, 0.29) is 18.5 Å². The van der Waals surface area contributed by atoms with Gasteiger partial charge in [-0.05, 0) is 31.0 Å². The van der Waals surface area contributed by atoms with Crippen LogP contribution in [0.4, 0.5) is 5.82 Å². The number of nitrogens with zero attached hydrogens (tertiary/aromatic N) is 2. The molecule has 2 aromatic rings. The summed E-state index contributed by atoms with van der Waals surface area (Å²) in [7, 11) is 1.57. The van der Waals surface area contributed by atoms with Crippen molar-refractivity contribution >= 4 is 23.5 Å². The highest BCUT2D eigenvalue weighted by atomic mass is 16.5. The van der Waals surface area contributed by atoms with Gasteiger partial charge in [0.15, 0.2) is 6.29 Å². The summed E-state index contributed by atoms with van der Waals surface area (Å²) in [6.45, 7) is 3.95. The Balaban J connectivity index is 1.63. The molecule has 1 aromatic heterocycles. The Morgan fingerprint density at radius 3 is 2.67 bits per heavy atom. The first-order valence-electron chi connectivity index (χ1n) is 9.73. The fourth-order valence-corrected chi connectivity index (χ4v) is 3.14. The molecule has 2 unspecified atom stereocenters. The van der Waals surface area contributed by atoms with Crippen molar-refractivity contribution < 1.29 is 19.1 Å². The van der Waals surface area contributed by atoms with Gasteiger partial charge in [0.05, 0.1) is 12.8 Å². The zero-order valence-electron chi connectivity index (χ0n) is 17.2. The number of hydrogen-bond donors (Lipinski definition) is 4. The minimum Gasteiger partial charge on any atom is -0.497 e. The largest absolute Gasteiger partial charge is 0.497 e. The van der Waals surface area contributed by atoms with E-state index < -0.39 is 18.1 Å². The van der Waals surface area contributed by atoms with Gasteiger partial charge in [0.25, 0.3) is 0 Å². The van der Waals surface area contributed by atoms with Gasteiger partial charge in [-0.25, -0.2) is 4.68 Å². The van der Waals surface area contributed by atoms with Gasteiger partial charge < -0.3 is 20.7 Å². The molecule has 1 fully saturated rings. The van der Waals surface area contributed by atoms with Crippen LogP contribution in [0.3, 0.4) is 0 Å². The standard InChI is InChI=1S/C20H26N6O4/c1-4-14-10-17(27)24-20(22-14)26-16(9-12(2)25-26)23-19(29)18(28)21-11-13-5-7-15(30-3)8-6-13/h5-9,14,20,22H,4,10-11H2,1-3H3,(H,21,28)(H,23,29)(H,24,27). The van der Waals surface area contributed by atoms with Crippen LogP contribution in [0.15, 0.2) is 30.3 Å². The van der Waals surface area contributed by atoms with E-state index in [0.717, 1.165) is 12.0 Å². The minimum absolute atomic E-state index is 0.00426. The maximum atomic E-state index is 12.4. The first-order chi connectivity index (χ1) is 14.4. The lowest BCUT2D eigenvalue weighted by atomic mass is 10.1. The van der Waals surface area contributed by atoms with Crippen molar-refractivity contribution in [2.75, 3.05) is 12.4 Å². The van der Waals surface area contributed by atoms with E-state index >= 15 is 0 Å². The van der Waals surface area contributed by atoms with Crippen molar-refractivity contribution in [3.05, 3.63) is 41.6 Å². The molecule has 2 atom stereocenters. The number of methoxy groups -OCH3 is 1. The molecule has 0 aliphatic carbocycles. The molecular formula is C20H26N6O4. The van der Waals surface area contributed by atoms with E-state index in [9.17, 15) is 14.4 Å². The highest BCUT2D eigenvalue weighted by Crippen LogP contribution is 2.18. The molecule has 1 aliphatic rings. The Hall–Kier alpha value is -3.40. The highest BCUT2D eigenvalue weighted by molar-refractivity contribution is 6.39. The lowest BCUT2D eigenvalue weighted by Crippen LogP contribution is -2.53. The van der Waals surface area contributed by atoms with Crippen LogP contribution in [0.2, 0.25) is 0 Å². The molecule has 3 rings (SSSR count). The van der Waals surface area contributed by atoms with E-state index in [1.165, 1.54) is 4.68 Å². The van der Waals surface area contributed by atoms with E-state index in [2.05, 4.69) is 26.4 Å². The van der Waals surface area contributed by atoms with Gasteiger partial charge in [0.1, 0.15) is 11.6 Å². The maximum Gasteiger partial charge on any atom is 0.314 e. The topological polar surface area (TPSA) is 126 Å². The van der Waals surface area contributed by atoms with Gasteiger partial charge in [0.2, 0.25) is 5.91 Å². The summed E-state index contributed by atoms with van der Waals surface area (Å²) in [5.74, 6) is -0.678. The van der Waals surface area contributed by atoms with Gasteiger partial charge in [-0.2, -0.15) is 5.10 Å². The van der Waals surface area contributed by atoms with Crippen LogP contribution in [-0.4, -0.2) is 40.7 Å².